The maximum absolute atomic E-state index is 12.2. The Hall–Kier alpha value is -3.21. The molecule has 5 heteroatoms. The number of ketones is 1. The molecule has 0 bridgehead atoms. The van der Waals surface area contributed by atoms with Gasteiger partial charge in [-0.15, -0.1) is 0 Å². The molecule has 0 fully saturated rings. The molecule has 0 saturated carbocycles. The Morgan fingerprint density at radius 1 is 1.00 bits per heavy atom. The van der Waals surface area contributed by atoms with E-state index in [0.717, 1.165) is 0 Å². The normalized spacial score (nSPS) is 10.5. The second-order valence-electron chi connectivity index (χ2n) is 5.06. The third kappa shape index (κ3) is 3.03. The van der Waals surface area contributed by atoms with Crippen LogP contribution >= 0.6 is 0 Å². The fourth-order valence-electron chi connectivity index (χ4n) is 2.20. The lowest BCUT2D eigenvalue weighted by Crippen LogP contribution is -2.15. The van der Waals surface area contributed by atoms with E-state index in [0.29, 0.717) is 22.2 Å². The summed E-state index contributed by atoms with van der Waals surface area (Å²) in [6, 6.07) is 14.4. The summed E-state index contributed by atoms with van der Waals surface area (Å²) in [7, 11) is 0. The van der Waals surface area contributed by atoms with E-state index in [4.69, 9.17) is 4.42 Å². The number of hydrogen-bond acceptors (Lipinski definition) is 4. The molecule has 2 aromatic carbocycles. The molecule has 5 nitrogen and oxygen atoms in total. The van der Waals surface area contributed by atoms with Gasteiger partial charge in [-0.05, 0) is 43.3 Å². The molecule has 1 aromatic heterocycles. The van der Waals surface area contributed by atoms with E-state index >= 15 is 0 Å². The zero-order valence-corrected chi connectivity index (χ0v) is 12.3. The molecular formula is C18H13NO4. The quantitative estimate of drug-likeness (QED) is 0.754. The average molecular weight is 307 g/mol. The SMILES string of the molecule is CC(=O)c1ccc(NC(=O)c2cc(=O)c3ccccc3o2)cc1. The van der Waals surface area contributed by atoms with Gasteiger partial charge >= 0.3 is 0 Å². The summed E-state index contributed by atoms with van der Waals surface area (Å²) in [6.07, 6.45) is 0. The fraction of sp³-hybridized carbons (Fsp3) is 0.0556. The number of carbonyl (C=O) groups excluding carboxylic acids is 2. The molecule has 0 aliphatic carbocycles. The first kappa shape index (κ1) is 14.7. The van der Waals surface area contributed by atoms with Gasteiger partial charge in [0.1, 0.15) is 5.58 Å². The van der Waals surface area contributed by atoms with Crippen molar-refractivity contribution in [3.63, 3.8) is 0 Å². The zero-order chi connectivity index (χ0) is 16.4. The van der Waals surface area contributed by atoms with Crippen LogP contribution in [0.15, 0.2) is 63.8 Å². The van der Waals surface area contributed by atoms with Crippen molar-refractivity contribution in [1.82, 2.24) is 0 Å². The van der Waals surface area contributed by atoms with Crippen LogP contribution in [0.4, 0.5) is 5.69 Å². The standard InChI is InChI=1S/C18H13NO4/c1-11(20)12-6-8-13(9-7-12)19-18(22)17-10-15(21)14-4-2-3-5-16(14)23-17/h2-10H,1H3,(H,19,22). The molecule has 1 N–H and O–H groups in total. The number of Topliss-reactive ketones (excluding diaryl/α,β-unsaturated/α-hetero) is 1. The van der Waals surface area contributed by atoms with Gasteiger partial charge in [0.25, 0.3) is 5.91 Å². The van der Waals surface area contributed by atoms with Crippen molar-refractivity contribution in [2.45, 2.75) is 6.92 Å². The highest BCUT2D eigenvalue weighted by Gasteiger charge is 2.12. The van der Waals surface area contributed by atoms with Crippen molar-refractivity contribution in [1.29, 1.82) is 0 Å². The highest BCUT2D eigenvalue weighted by Crippen LogP contribution is 2.14. The molecule has 1 heterocycles. The van der Waals surface area contributed by atoms with Gasteiger partial charge in [0.15, 0.2) is 17.0 Å². The minimum atomic E-state index is -0.525. The molecule has 23 heavy (non-hydrogen) atoms. The molecule has 3 aromatic rings. The van der Waals surface area contributed by atoms with Crippen LogP contribution in [0.3, 0.4) is 0 Å². The van der Waals surface area contributed by atoms with Crippen molar-refractivity contribution in [2.75, 3.05) is 5.32 Å². The first-order valence-electron chi connectivity index (χ1n) is 7.00. The Balaban J connectivity index is 1.88. The van der Waals surface area contributed by atoms with Crippen LogP contribution in [0.1, 0.15) is 27.8 Å². The summed E-state index contributed by atoms with van der Waals surface area (Å²) in [4.78, 5) is 35.4. The second-order valence-corrected chi connectivity index (χ2v) is 5.06. The monoisotopic (exact) mass is 307 g/mol. The molecule has 114 valence electrons. The Kier molecular flexibility index (Phi) is 3.76. The number of anilines is 1. The minimum absolute atomic E-state index is 0.0524. The van der Waals surface area contributed by atoms with E-state index in [-0.39, 0.29) is 17.0 Å². The van der Waals surface area contributed by atoms with Crippen LogP contribution in [-0.2, 0) is 0 Å². The molecular weight excluding hydrogens is 294 g/mol. The molecule has 0 saturated heterocycles. The van der Waals surface area contributed by atoms with Gasteiger partial charge in [0.05, 0.1) is 5.39 Å². The molecule has 0 aliphatic rings. The summed E-state index contributed by atoms with van der Waals surface area (Å²) in [5.74, 6) is -0.642. The van der Waals surface area contributed by atoms with E-state index in [9.17, 15) is 14.4 Å². The number of nitrogens with one attached hydrogen (secondary N) is 1. The Labute approximate surface area is 131 Å². The van der Waals surface area contributed by atoms with Gasteiger partial charge in [0, 0.05) is 17.3 Å². The molecule has 0 radical (unpaired) electrons. The van der Waals surface area contributed by atoms with Crippen LogP contribution in [0, 0.1) is 0 Å². The number of amides is 1. The maximum Gasteiger partial charge on any atom is 0.291 e. The lowest BCUT2D eigenvalue weighted by molar-refractivity contribution is 0.0995. The van der Waals surface area contributed by atoms with E-state index in [1.54, 1.807) is 48.5 Å². The van der Waals surface area contributed by atoms with Crippen LogP contribution in [0.25, 0.3) is 11.0 Å². The third-order valence-corrected chi connectivity index (χ3v) is 3.41. The Morgan fingerprint density at radius 3 is 2.39 bits per heavy atom. The summed E-state index contributed by atoms with van der Waals surface area (Å²) in [5, 5.41) is 3.06. The van der Waals surface area contributed by atoms with E-state index in [2.05, 4.69) is 5.32 Å². The summed E-state index contributed by atoms with van der Waals surface area (Å²) < 4.78 is 5.47. The van der Waals surface area contributed by atoms with Gasteiger partial charge < -0.3 is 9.73 Å². The predicted molar refractivity (Wildman–Crippen MR) is 86.9 cm³/mol. The number of carbonyl (C=O) groups is 2. The lowest BCUT2D eigenvalue weighted by atomic mass is 10.1. The Bertz CT molecular complexity index is 955. The number of benzene rings is 2. The summed E-state index contributed by atoms with van der Waals surface area (Å²) in [6.45, 7) is 1.47. The van der Waals surface area contributed by atoms with Crippen LogP contribution in [0.2, 0.25) is 0 Å². The predicted octanol–water partition coefficient (Wildman–Crippen LogP) is 3.25. The van der Waals surface area contributed by atoms with E-state index in [1.165, 1.54) is 13.0 Å². The highest BCUT2D eigenvalue weighted by molar-refractivity contribution is 6.03. The van der Waals surface area contributed by atoms with Crippen LogP contribution in [-0.4, -0.2) is 11.7 Å². The first-order chi connectivity index (χ1) is 11.0. The molecule has 0 aliphatic heterocycles. The summed E-state index contributed by atoms with van der Waals surface area (Å²) in [5.41, 5.74) is 1.15. The Morgan fingerprint density at radius 2 is 1.70 bits per heavy atom. The first-order valence-corrected chi connectivity index (χ1v) is 7.00. The number of para-hydroxylation sites is 1. The topological polar surface area (TPSA) is 76.4 Å². The van der Waals surface area contributed by atoms with Gasteiger partial charge in [0.2, 0.25) is 0 Å². The highest BCUT2D eigenvalue weighted by atomic mass is 16.3. The zero-order valence-electron chi connectivity index (χ0n) is 12.3. The average Bonchev–Trinajstić information content (AvgIpc) is 2.55. The van der Waals surface area contributed by atoms with Crippen molar-refractivity contribution < 1.29 is 14.0 Å². The van der Waals surface area contributed by atoms with Gasteiger partial charge in [-0.2, -0.15) is 0 Å². The van der Waals surface area contributed by atoms with E-state index in [1.807, 2.05) is 0 Å². The number of rotatable bonds is 3. The van der Waals surface area contributed by atoms with Gasteiger partial charge in [-0.3, -0.25) is 14.4 Å². The van der Waals surface area contributed by atoms with Gasteiger partial charge in [-0.1, -0.05) is 12.1 Å². The largest absolute Gasteiger partial charge is 0.451 e. The minimum Gasteiger partial charge on any atom is -0.451 e. The number of hydrogen-bond donors (Lipinski definition) is 1. The third-order valence-electron chi connectivity index (χ3n) is 3.41. The van der Waals surface area contributed by atoms with Crippen molar-refractivity contribution in [3.8, 4) is 0 Å². The summed E-state index contributed by atoms with van der Waals surface area (Å²) >= 11 is 0. The van der Waals surface area contributed by atoms with Crippen molar-refractivity contribution in [2.24, 2.45) is 0 Å². The van der Waals surface area contributed by atoms with Crippen LogP contribution < -0.4 is 10.7 Å². The second kappa shape index (κ2) is 5.88. The molecule has 1 amide bonds. The fourth-order valence-corrected chi connectivity index (χ4v) is 2.20. The lowest BCUT2D eigenvalue weighted by Gasteiger charge is -2.06. The molecule has 0 unspecified atom stereocenters. The number of fused-ring (bicyclic) bond motifs is 1. The van der Waals surface area contributed by atoms with Crippen LogP contribution in [0.5, 0.6) is 0 Å². The van der Waals surface area contributed by atoms with Crippen molar-refractivity contribution in [3.05, 3.63) is 76.1 Å². The molecule has 0 spiro atoms. The molecule has 3 rings (SSSR count). The smallest absolute Gasteiger partial charge is 0.291 e. The van der Waals surface area contributed by atoms with Gasteiger partial charge in [-0.25, -0.2) is 0 Å². The maximum atomic E-state index is 12.2. The molecule has 0 atom stereocenters. The van der Waals surface area contributed by atoms with E-state index < -0.39 is 5.91 Å². The van der Waals surface area contributed by atoms with Crippen molar-refractivity contribution >= 4 is 28.3 Å².